The normalized spacial score (nSPS) is 32.8. The number of likely N-dealkylation sites (tertiary alicyclic amines) is 1. The van der Waals surface area contributed by atoms with Crippen LogP contribution in [0.1, 0.15) is 58.8 Å². The number of β-amino-alcohol motifs (C(OH)–C–C–N with tert-alkyl or cyclic N) is 1. The Balaban J connectivity index is 1.70. The van der Waals surface area contributed by atoms with Crippen LogP contribution >= 0.6 is 0 Å². The lowest BCUT2D eigenvalue weighted by Crippen LogP contribution is -2.48. The average Bonchev–Trinajstić information content (AvgIpc) is 2.84. The largest absolute Gasteiger partial charge is 0.389 e. The molecule has 0 aromatic rings. The van der Waals surface area contributed by atoms with Crippen LogP contribution in [0.5, 0.6) is 0 Å². The molecule has 2 aliphatic rings. The molecular weight excluding hydrogens is 226 g/mol. The quantitative estimate of drug-likeness (QED) is 0.819. The van der Waals surface area contributed by atoms with Gasteiger partial charge in [0.15, 0.2) is 0 Å². The zero-order valence-electron chi connectivity index (χ0n) is 12.0. The van der Waals surface area contributed by atoms with E-state index in [-0.39, 0.29) is 6.10 Å². The molecule has 3 atom stereocenters. The Morgan fingerprint density at radius 1 is 1.06 bits per heavy atom. The summed E-state index contributed by atoms with van der Waals surface area (Å²) in [7, 11) is 0. The molecule has 2 rings (SSSR count). The monoisotopic (exact) mass is 255 g/mol. The van der Waals surface area contributed by atoms with Gasteiger partial charge in [0.05, 0.1) is 18.8 Å². The molecule has 3 heteroatoms. The zero-order valence-corrected chi connectivity index (χ0v) is 12.0. The van der Waals surface area contributed by atoms with E-state index in [4.69, 9.17) is 4.74 Å². The van der Waals surface area contributed by atoms with Gasteiger partial charge in [0, 0.05) is 18.6 Å². The summed E-state index contributed by atoms with van der Waals surface area (Å²) >= 11 is 0. The van der Waals surface area contributed by atoms with Crippen molar-refractivity contribution in [2.75, 3.05) is 13.2 Å². The second-order valence-corrected chi connectivity index (χ2v) is 6.22. The maximum atomic E-state index is 10.1. The fraction of sp³-hybridized carbons (Fsp3) is 1.00. The van der Waals surface area contributed by atoms with E-state index in [1.165, 1.54) is 44.9 Å². The molecule has 0 amide bonds. The lowest BCUT2D eigenvalue weighted by molar-refractivity contribution is -0.0335. The number of hydrogen-bond donors (Lipinski definition) is 1. The highest BCUT2D eigenvalue weighted by atomic mass is 16.5. The number of ether oxygens (including phenoxy) is 1. The first-order valence-electron chi connectivity index (χ1n) is 7.72. The van der Waals surface area contributed by atoms with Gasteiger partial charge >= 0.3 is 0 Å². The predicted molar refractivity (Wildman–Crippen MR) is 73.7 cm³/mol. The van der Waals surface area contributed by atoms with Gasteiger partial charge in [-0.3, -0.25) is 4.90 Å². The van der Waals surface area contributed by atoms with Crippen LogP contribution in [0, 0.1) is 0 Å². The van der Waals surface area contributed by atoms with Crippen molar-refractivity contribution < 1.29 is 9.84 Å². The van der Waals surface area contributed by atoms with Gasteiger partial charge < -0.3 is 9.84 Å². The van der Waals surface area contributed by atoms with Gasteiger partial charge in [0.2, 0.25) is 0 Å². The van der Waals surface area contributed by atoms with Crippen molar-refractivity contribution in [2.45, 2.75) is 83.1 Å². The van der Waals surface area contributed by atoms with Crippen molar-refractivity contribution >= 4 is 0 Å². The molecule has 0 radical (unpaired) electrons. The van der Waals surface area contributed by atoms with Crippen LogP contribution in [-0.2, 0) is 4.74 Å². The summed E-state index contributed by atoms with van der Waals surface area (Å²) in [6.07, 6.45) is 8.90. The molecule has 0 aromatic heterocycles. The predicted octanol–water partition coefficient (Wildman–Crippen LogP) is 2.57. The Morgan fingerprint density at radius 2 is 1.67 bits per heavy atom. The summed E-state index contributed by atoms with van der Waals surface area (Å²) in [5, 5.41) is 10.1. The van der Waals surface area contributed by atoms with Crippen LogP contribution in [0.2, 0.25) is 0 Å². The molecule has 2 fully saturated rings. The summed E-state index contributed by atoms with van der Waals surface area (Å²) in [5.41, 5.74) is 0. The Morgan fingerprint density at radius 3 is 2.28 bits per heavy atom. The van der Waals surface area contributed by atoms with E-state index in [1.807, 2.05) is 0 Å². The molecule has 1 N–H and O–H groups in total. The summed E-state index contributed by atoms with van der Waals surface area (Å²) < 4.78 is 5.80. The van der Waals surface area contributed by atoms with Crippen molar-refractivity contribution in [3.63, 3.8) is 0 Å². The maximum Gasteiger partial charge on any atom is 0.0900 e. The highest BCUT2D eigenvalue weighted by Gasteiger charge is 2.27. The third kappa shape index (κ3) is 3.94. The van der Waals surface area contributed by atoms with Crippen molar-refractivity contribution in [3.8, 4) is 0 Å². The number of aliphatic hydroxyl groups is 1. The third-order valence-electron chi connectivity index (χ3n) is 4.62. The first kappa shape index (κ1) is 14.3. The van der Waals surface area contributed by atoms with E-state index in [9.17, 15) is 5.11 Å². The van der Waals surface area contributed by atoms with Crippen molar-refractivity contribution in [1.29, 1.82) is 0 Å². The van der Waals surface area contributed by atoms with Gasteiger partial charge in [0.1, 0.15) is 0 Å². The molecule has 1 aliphatic heterocycles. The SMILES string of the molecule is C[C@@H]1CCC[C@H](C)N1C[C@H](O)COC1CCCC1. The molecule has 3 nitrogen and oxygen atoms in total. The minimum atomic E-state index is -0.325. The van der Waals surface area contributed by atoms with Gasteiger partial charge in [0.25, 0.3) is 0 Å². The second-order valence-electron chi connectivity index (χ2n) is 6.22. The molecule has 18 heavy (non-hydrogen) atoms. The van der Waals surface area contributed by atoms with Crippen molar-refractivity contribution in [2.24, 2.45) is 0 Å². The minimum Gasteiger partial charge on any atom is -0.389 e. The Hall–Kier alpha value is -0.120. The van der Waals surface area contributed by atoms with Gasteiger partial charge in [-0.2, -0.15) is 0 Å². The smallest absolute Gasteiger partial charge is 0.0900 e. The standard InChI is InChI=1S/C15H29NO2/c1-12-6-5-7-13(2)16(12)10-14(17)11-18-15-8-3-4-9-15/h12-15,17H,3-11H2,1-2H3/t12-,13+,14-/m0/s1. The topological polar surface area (TPSA) is 32.7 Å². The zero-order chi connectivity index (χ0) is 13.0. The van der Waals surface area contributed by atoms with Crippen LogP contribution in [-0.4, -0.2) is 47.4 Å². The van der Waals surface area contributed by atoms with Gasteiger partial charge in [-0.25, -0.2) is 0 Å². The van der Waals surface area contributed by atoms with E-state index < -0.39 is 0 Å². The van der Waals surface area contributed by atoms with Crippen LogP contribution in [0.15, 0.2) is 0 Å². The number of hydrogen-bond acceptors (Lipinski definition) is 3. The maximum absolute atomic E-state index is 10.1. The Labute approximate surface area is 112 Å². The van der Waals surface area contributed by atoms with E-state index >= 15 is 0 Å². The first-order chi connectivity index (χ1) is 8.66. The van der Waals surface area contributed by atoms with Gasteiger partial charge in [-0.15, -0.1) is 0 Å². The van der Waals surface area contributed by atoms with Crippen LogP contribution in [0.25, 0.3) is 0 Å². The molecule has 1 saturated heterocycles. The number of nitrogens with zero attached hydrogens (tertiary/aromatic N) is 1. The Kier molecular flexibility index (Phi) is 5.46. The van der Waals surface area contributed by atoms with Gasteiger partial charge in [-0.1, -0.05) is 19.3 Å². The molecule has 1 saturated carbocycles. The van der Waals surface area contributed by atoms with Crippen molar-refractivity contribution in [3.05, 3.63) is 0 Å². The summed E-state index contributed by atoms with van der Waals surface area (Å²) in [6, 6.07) is 1.21. The number of rotatable bonds is 5. The molecule has 0 unspecified atom stereocenters. The van der Waals surface area contributed by atoms with Crippen LogP contribution in [0.3, 0.4) is 0 Å². The molecule has 106 valence electrons. The fourth-order valence-electron chi connectivity index (χ4n) is 3.43. The lowest BCUT2D eigenvalue weighted by Gasteiger charge is -2.40. The van der Waals surface area contributed by atoms with Gasteiger partial charge in [-0.05, 0) is 39.5 Å². The highest BCUT2D eigenvalue weighted by molar-refractivity contribution is 4.81. The first-order valence-corrected chi connectivity index (χ1v) is 7.72. The molecular formula is C15H29NO2. The number of aliphatic hydroxyl groups excluding tert-OH is 1. The lowest BCUT2D eigenvalue weighted by atomic mass is 9.97. The Bertz CT molecular complexity index is 231. The summed E-state index contributed by atoms with van der Waals surface area (Å²) in [6.45, 7) is 5.84. The van der Waals surface area contributed by atoms with Crippen molar-refractivity contribution in [1.82, 2.24) is 4.90 Å². The molecule has 1 heterocycles. The molecule has 1 aliphatic carbocycles. The van der Waals surface area contributed by atoms with E-state index in [1.54, 1.807) is 0 Å². The van der Waals surface area contributed by atoms with E-state index in [2.05, 4.69) is 18.7 Å². The molecule has 0 spiro atoms. The molecule has 0 aromatic carbocycles. The van der Waals surface area contributed by atoms with E-state index in [0.29, 0.717) is 24.8 Å². The highest BCUT2D eigenvalue weighted by Crippen LogP contribution is 2.23. The summed E-state index contributed by atoms with van der Waals surface area (Å²) in [5.74, 6) is 0. The van der Waals surface area contributed by atoms with Crippen LogP contribution < -0.4 is 0 Å². The third-order valence-corrected chi connectivity index (χ3v) is 4.62. The fourth-order valence-corrected chi connectivity index (χ4v) is 3.43. The minimum absolute atomic E-state index is 0.325. The second kappa shape index (κ2) is 6.88. The summed E-state index contributed by atoms with van der Waals surface area (Å²) in [4.78, 5) is 2.45. The molecule has 0 bridgehead atoms. The van der Waals surface area contributed by atoms with E-state index in [0.717, 1.165) is 6.54 Å². The number of piperidine rings is 1. The average molecular weight is 255 g/mol. The van der Waals surface area contributed by atoms with Crippen LogP contribution in [0.4, 0.5) is 0 Å².